The maximum atomic E-state index is 6.29. The Labute approximate surface area is 86.8 Å². The highest BCUT2D eigenvalue weighted by atomic mass is 32.2. The highest BCUT2D eigenvalue weighted by molar-refractivity contribution is 8.00. The van der Waals surface area contributed by atoms with Gasteiger partial charge in [-0.25, -0.2) is 0 Å². The molecular weight excluding hydrogens is 178 g/mol. The predicted molar refractivity (Wildman–Crippen MR) is 62.1 cm³/mol. The van der Waals surface area contributed by atoms with E-state index in [0.29, 0.717) is 6.04 Å². The highest BCUT2D eigenvalue weighted by Crippen LogP contribution is 2.30. The van der Waals surface area contributed by atoms with Gasteiger partial charge in [-0.2, -0.15) is 11.8 Å². The van der Waals surface area contributed by atoms with Crippen LogP contribution in [-0.2, 0) is 0 Å². The van der Waals surface area contributed by atoms with Gasteiger partial charge in [-0.05, 0) is 24.5 Å². The fraction of sp³-hybridized carbons (Fsp3) is 1.00. The molecule has 0 amide bonds. The van der Waals surface area contributed by atoms with Crippen LogP contribution in [0.5, 0.6) is 0 Å². The molecule has 1 saturated heterocycles. The molecule has 0 aromatic carbocycles. The van der Waals surface area contributed by atoms with E-state index in [9.17, 15) is 0 Å². The van der Waals surface area contributed by atoms with Gasteiger partial charge in [-0.3, -0.25) is 0 Å². The molecule has 0 spiro atoms. The third-order valence-corrected chi connectivity index (χ3v) is 4.74. The smallest absolute Gasteiger partial charge is 0.0201 e. The van der Waals surface area contributed by atoms with Gasteiger partial charge >= 0.3 is 0 Å². The van der Waals surface area contributed by atoms with Crippen LogP contribution in [0.25, 0.3) is 0 Å². The molecular formula is C11H23NS. The van der Waals surface area contributed by atoms with Crippen molar-refractivity contribution in [3.63, 3.8) is 0 Å². The van der Waals surface area contributed by atoms with E-state index in [1.165, 1.54) is 37.9 Å². The topological polar surface area (TPSA) is 26.0 Å². The lowest BCUT2D eigenvalue weighted by atomic mass is 9.90. The summed E-state index contributed by atoms with van der Waals surface area (Å²) in [5.41, 5.74) is 6.29. The highest BCUT2D eigenvalue weighted by Gasteiger charge is 2.25. The van der Waals surface area contributed by atoms with E-state index in [2.05, 4.69) is 25.6 Å². The lowest BCUT2D eigenvalue weighted by Crippen LogP contribution is -2.40. The summed E-state index contributed by atoms with van der Waals surface area (Å²) < 4.78 is 0. The van der Waals surface area contributed by atoms with Crippen molar-refractivity contribution in [1.29, 1.82) is 0 Å². The van der Waals surface area contributed by atoms with E-state index < -0.39 is 0 Å². The van der Waals surface area contributed by atoms with Gasteiger partial charge in [0.1, 0.15) is 0 Å². The molecule has 1 aliphatic rings. The second-order valence-corrected chi connectivity index (χ2v) is 5.41. The number of nitrogens with two attached hydrogens (primary N) is 1. The Morgan fingerprint density at radius 2 is 2.00 bits per heavy atom. The Bertz CT molecular complexity index is 128. The third kappa shape index (κ3) is 3.17. The quantitative estimate of drug-likeness (QED) is 0.756. The number of rotatable bonds is 4. The van der Waals surface area contributed by atoms with Crippen molar-refractivity contribution in [2.75, 3.05) is 5.75 Å². The molecule has 0 aliphatic carbocycles. The van der Waals surface area contributed by atoms with Crippen molar-refractivity contribution in [2.24, 2.45) is 11.7 Å². The second kappa shape index (κ2) is 5.92. The van der Waals surface area contributed by atoms with Gasteiger partial charge < -0.3 is 5.73 Å². The molecule has 0 bridgehead atoms. The van der Waals surface area contributed by atoms with Crippen LogP contribution in [0.2, 0.25) is 0 Å². The minimum Gasteiger partial charge on any atom is -0.326 e. The minimum absolute atomic E-state index is 0.445. The average molecular weight is 201 g/mol. The molecule has 1 aliphatic heterocycles. The molecule has 13 heavy (non-hydrogen) atoms. The van der Waals surface area contributed by atoms with Crippen LogP contribution in [-0.4, -0.2) is 17.0 Å². The van der Waals surface area contributed by atoms with Gasteiger partial charge in [0, 0.05) is 11.3 Å². The fourth-order valence-electron chi connectivity index (χ4n) is 2.21. The van der Waals surface area contributed by atoms with Gasteiger partial charge in [-0.15, -0.1) is 0 Å². The monoisotopic (exact) mass is 201 g/mol. The summed E-state index contributed by atoms with van der Waals surface area (Å²) in [5, 5.41) is 0.749. The van der Waals surface area contributed by atoms with Crippen molar-refractivity contribution < 1.29 is 0 Å². The van der Waals surface area contributed by atoms with Crippen molar-refractivity contribution in [3.8, 4) is 0 Å². The molecule has 78 valence electrons. The summed E-state index contributed by atoms with van der Waals surface area (Å²) in [7, 11) is 0. The minimum atomic E-state index is 0.445. The molecule has 0 aromatic heterocycles. The standard InChI is InChI=1S/C11H23NS/c1-3-9(4-2)11(12)10-7-5-6-8-13-10/h9-11H,3-8,12H2,1-2H3. The zero-order valence-corrected chi connectivity index (χ0v) is 9.78. The van der Waals surface area contributed by atoms with Crippen LogP contribution in [0.15, 0.2) is 0 Å². The first kappa shape index (κ1) is 11.4. The zero-order chi connectivity index (χ0) is 9.68. The summed E-state index contributed by atoms with van der Waals surface area (Å²) >= 11 is 2.11. The van der Waals surface area contributed by atoms with E-state index in [1.54, 1.807) is 0 Å². The summed E-state index contributed by atoms with van der Waals surface area (Å²) in [5.74, 6) is 2.08. The Kier molecular flexibility index (Phi) is 5.18. The molecule has 0 aromatic rings. The Morgan fingerprint density at radius 1 is 1.31 bits per heavy atom. The Hall–Kier alpha value is 0.310. The second-order valence-electron chi connectivity index (χ2n) is 4.06. The van der Waals surface area contributed by atoms with Gasteiger partial charge in [0.2, 0.25) is 0 Å². The summed E-state index contributed by atoms with van der Waals surface area (Å²) in [4.78, 5) is 0. The van der Waals surface area contributed by atoms with Gasteiger partial charge in [0.25, 0.3) is 0 Å². The maximum absolute atomic E-state index is 6.29. The predicted octanol–water partition coefficient (Wildman–Crippen LogP) is 3.04. The van der Waals surface area contributed by atoms with Crippen LogP contribution < -0.4 is 5.73 Å². The molecule has 0 radical (unpaired) electrons. The molecule has 1 fully saturated rings. The van der Waals surface area contributed by atoms with Crippen LogP contribution in [0, 0.1) is 5.92 Å². The maximum Gasteiger partial charge on any atom is 0.0201 e. The first-order valence-corrected chi connectivity index (χ1v) is 6.71. The van der Waals surface area contributed by atoms with Crippen LogP contribution in [0.1, 0.15) is 46.0 Å². The number of hydrogen-bond donors (Lipinski definition) is 1. The SMILES string of the molecule is CCC(CC)C(N)C1CCCCS1. The number of thioether (sulfide) groups is 1. The lowest BCUT2D eigenvalue weighted by molar-refractivity contribution is 0.373. The van der Waals surface area contributed by atoms with Crippen LogP contribution >= 0.6 is 11.8 Å². The molecule has 0 saturated carbocycles. The third-order valence-electron chi connectivity index (χ3n) is 3.24. The fourth-order valence-corrected chi connectivity index (χ4v) is 3.66. The Balaban J connectivity index is 2.38. The molecule has 1 nitrogen and oxygen atoms in total. The normalized spacial score (nSPS) is 26.3. The molecule has 2 N–H and O–H groups in total. The summed E-state index contributed by atoms with van der Waals surface area (Å²) in [6, 6.07) is 0.445. The van der Waals surface area contributed by atoms with E-state index in [4.69, 9.17) is 5.73 Å². The molecule has 2 heteroatoms. The van der Waals surface area contributed by atoms with E-state index in [-0.39, 0.29) is 0 Å². The van der Waals surface area contributed by atoms with Crippen molar-refractivity contribution >= 4 is 11.8 Å². The first-order chi connectivity index (χ1) is 6.29. The largest absolute Gasteiger partial charge is 0.326 e. The van der Waals surface area contributed by atoms with Crippen molar-refractivity contribution in [2.45, 2.75) is 57.2 Å². The lowest BCUT2D eigenvalue weighted by Gasteiger charge is -2.31. The first-order valence-electron chi connectivity index (χ1n) is 5.66. The number of hydrogen-bond acceptors (Lipinski definition) is 2. The Morgan fingerprint density at radius 3 is 2.46 bits per heavy atom. The van der Waals surface area contributed by atoms with E-state index in [1.807, 2.05) is 0 Å². The molecule has 2 unspecified atom stereocenters. The van der Waals surface area contributed by atoms with Gasteiger partial charge in [-0.1, -0.05) is 33.1 Å². The molecule has 1 heterocycles. The van der Waals surface area contributed by atoms with Crippen LogP contribution in [0.4, 0.5) is 0 Å². The van der Waals surface area contributed by atoms with Gasteiger partial charge in [0.15, 0.2) is 0 Å². The zero-order valence-electron chi connectivity index (χ0n) is 8.96. The van der Waals surface area contributed by atoms with Crippen molar-refractivity contribution in [3.05, 3.63) is 0 Å². The molecule has 1 rings (SSSR count). The van der Waals surface area contributed by atoms with E-state index in [0.717, 1.165) is 11.2 Å². The van der Waals surface area contributed by atoms with Crippen LogP contribution in [0.3, 0.4) is 0 Å². The average Bonchev–Trinajstić information content (AvgIpc) is 2.21. The van der Waals surface area contributed by atoms with Crippen molar-refractivity contribution in [1.82, 2.24) is 0 Å². The summed E-state index contributed by atoms with van der Waals surface area (Å²) in [6.07, 6.45) is 6.63. The summed E-state index contributed by atoms with van der Waals surface area (Å²) in [6.45, 7) is 4.53. The molecule has 2 atom stereocenters. The van der Waals surface area contributed by atoms with E-state index >= 15 is 0 Å². The van der Waals surface area contributed by atoms with Gasteiger partial charge in [0.05, 0.1) is 0 Å².